The van der Waals surface area contributed by atoms with E-state index in [2.05, 4.69) is 31.9 Å². The molecular weight excluding hydrogens is 284 g/mol. The molecular formula is C9H10Br2O. The summed E-state index contributed by atoms with van der Waals surface area (Å²) in [5.74, 6) is 0.345. The van der Waals surface area contributed by atoms with Crippen molar-refractivity contribution in [3.8, 4) is 5.75 Å². The number of benzene rings is 1. The number of aromatic hydroxyl groups is 1. The number of halogens is 2. The molecule has 0 heterocycles. The molecule has 0 atom stereocenters. The van der Waals surface area contributed by atoms with Crippen molar-refractivity contribution < 1.29 is 5.11 Å². The van der Waals surface area contributed by atoms with Crippen LogP contribution in [0.3, 0.4) is 0 Å². The van der Waals surface area contributed by atoms with Crippen molar-refractivity contribution in [1.29, 1.82) is 0 Å². The molecule has 0 saturated carbocycles. The summed E-state index contributed by atoms with van der Waals surface area (Å²) in [6.45, 7) is 3.88. The van der Waals surface area contributed by atoms with Crippen molar-refractivity contribution >= 4 is 31.9 Å². The van der Waals surface area contributed by atoms with E-state index in [1.165, 1.54) is 5.56 Å². The molecule has 0 aliphatic heterocycles. The molecule has 1 N–H and O–H groups in total. The lowest BCUT2D eigenvalue weighted by Gasteiger charge is -2.09. The minimum Gasteiger partial charge on any atom is -0.506 e. The first-order valence-corrected chi connectivity index (χ1v) is 5.53. The van der Waals surface area contributed by atoms with Crippen molar-refractivity contribution in [3.63, 3.8) is 0 Å². The van der Waals surface area contributed by atoms with Gasteiger partial charge in [-0.15, -0.1) is 0 Å². The van der Waals surface area contributed by atoms with Crippen LogP contribution in [0.4, 0.5) is 0 Å². The van der Waals surface area contributed by atoms with Gasteiger partial charge in [0.15, 0.2) is 0 Å². The SMILES string of the molecule is Cc1cc(CBr)c(C)c(Br)c1O. The lowest BCUT2D eigenvalue weighted by molar-refractivity contribution is 0.467. The van der Waals surface area contributed by atoms with Crippen molar-refractivity contribution in [1.82, 2.24) is 0 Å². The third-order valence-corrected chi connectivity index (χ3v) is 3.50. The number of phenols is 1. The van der Waals surface area contributed by atoms with Crippen molar-refractivity contribution in [3.05, 3.63) is 27.2 Å². The first-order chi connectivity index (χ1) is 5.57. The fraction of sp³-hybridized carbons (Fsp3) is 0.333. The van der Waals surface area contributed by atoms with Gasteiger partial charge in [0.1, 0.15) is 5.75 Å². The monoisotopic (exact) mass is 292 g/mol. The predicted octanol–water partition coefficient (Wildman–Crippen LogP) is 3.67. The van der Waals surface area contributed by atoms with Crippen LogP contribution in [0.2, 0.25) is 0 Å². The van der Waals surface area contributed by atoms with Crippen LogP contribution in [0, 0.1) is 13.8 Å². The molecule has 1 rings (SSSR count). The Kier molecular flexibility index (Phi) is 3.18. The molecule has 0 unspecified atom stereocenters. The molecule has 0 aliphatic rings. The van der Waals surface area contributed by atoms with Gasteiger partial charge in [0.25, 0.3) is 0 Å². The van der Waals surface area contributed by atoms with Crippen LogP contribution in [0.25, 0.3) is 0 Å². The van der Waals surface area contributed by atoms with E-state index in [1.807, 2.05) is 19.9 Å². The Hall–Kier alpha value is -0.0200. The maximum absolute atomic E-state index is 9.54. The van der Waals surface area contributed by atoms with E-state index in [0.717, 1.165) is 20.9 Å². The van der Waals surface area contributed by atoms with Gasteiger partial charge in [-0.25, -0.2) is 0 Å². The topological polar surface area (TPSA) is 20.2 Å². The van der Waals surface area contributed by atoms with Gasteiger partial charge in [0.2, 0.25) is 0 Å². The third-order valence-electron chi connectivity index (χ3n) is 1.93. The highest BCUT2D eigenvalue weighted by Crippen LogP contribution is 2.33. The molecule has 0 bridgehead atoms. The van der Waals surface area contributed by atoms with Gasteiger partial charge in [-0.3, -0.25) is 0 Å². The van der Waals surface area contributed by atoms with Crippen LogP contribution in [0.5, 0.6) is 5.75 Å². The largest absolute Gasteiger partial charge is 0.506 e. The maximum atomic E-state index is 9.54. The summed E-state index contributed by atoms with van der Waals surface area (Å²) in [7, 11) is 0. The van der Waals surface area contributed by atoms with E-state index in [1.54, 1.807) is 0 Å². The zero-order valence-electron chi connectivity index (χ0n) is 6.99. The Bertz CT molecular complexity index is 308. The van der Waals surface area contributed by atoms with Gasteiger partial charge >= 0.3 is 0 Å². The van der Waals surface area contributed by atoms with Gasteiger partial charge in [-0.2, -0.15) is 0 Å². The minimum absolute atomic E-state index is 0.345. The Morgan fingerprint density at radius 1 is 1.42 bits per heavy atom. The molecule has 0 aromatic heterocycles. The van der Waals surface area contributed by atoms with Crippen LogP contribution in [0.15, 0.2) is 10.5 Å². The first kappa shape index (κ1) is 10.1. The summed E-state index contributed by atoms with van der Waals surface area (Å²) < 4.78 is 0.803. The van der Waals surface area contributed by atoms with Crippen LogP contribution in [-0.2, 0) is 5.33 Å². The standard InChI is InChI=1S/C9H10Br2O/c1-5-3-7(4-10)6(2)8(11)9(5)12/h3,12H,4H2,1-2H3. The van der Waals surface area contributed by atoms with E-state index in [0.29, 0.717) is 5.75 Å². The summed E-state index contributed by atoms with van der Waals surface area (Å²) in [6, 6.07) is 1.99. The molecule has 1 nitrogen and oxygen atoms in total. The quantitative estimate of drug-likeness (QED) is 0.784. The van der Waals surface area contributed by atoms with Crippen molar-refractivity contribution in [2.75, 3.05) is 0 Å². The smallest absolute Gasteiger partial charge is 0.132 e. The number of aryl methyl sites for hydroxylation is 1. The number of rotatable bonds is 1. The lowest BCUT2D eigenvalue weighted by atomic mass is 10.1. The fourth-order valence-electron chi connectivity index (χ4n) is 1.07. The fourth-order valence-corrected chi connectivity index (χ4v) is 2.22. The summed E-state index contributed by atoms with van der Waals surface area (Å²) in [5, 5.41) is 10.4. The number of phenolic OH excluding ortho intramolecular Hbond substituents is 1. The van der Waals surface area contributed by atoms with Gasteiger partial charge in [-0.1, -0.05) is 22.0 Å². The zero-order valence-corrected chi connectivity index (χ0v) is 10.2. The lowest BCUT2D eigenvalue weighted by Crippen LogP contribution is -1.89. The highest BCUT2D eigenvalue weighted by Gasteiger charge is 2.08. The Balaban J connectivity index is 3.39. The summed E-state index contributed by atoms with van der Waals surface area (Å²) in [5.41, 5.74) is 3.20. The van der Waals surface area contributed by atoms with Crippen LogP contribution < -0.4 is 0 Å². The molecule has 0 aliphatic carbocycles. The molecule has 12 heavy (non-hydrogen) atoms. The van der Waals surface area contributed by atoms with Crippen molar-refractivity contribution in [2.24, 2.45) is 0 Å². The average molecular weight is 294 g/mol. The van der Waals surface area contributed by atoms with E-state index in [-0.39, 0.29) is 0 Å². The normalized spacial score (nSPS) is 10.3. The first-order valence-electron chi connectivity index (χ1n) is 3.61. The number of alkyl halides is 1. The number of hydrogen-bond acceptors (Lipinski definition) is 1. The van der Waals surface area contributed by atoms with Crippen LogP contribution >= 0.6 is 31.9 Å². The molecule has 1 aromatic carbocycles. The molecule has 1 aromatic rings. The second kappa shape index (κ2) is 3.79. The zero-order chi connectivity index (χ0) is 9.30. The summed E-state index contributed by atoms with van der Waals surface area (Å²) in [6.07, 6.45) is 0. The Morgan fingerprint density at radius 3 is 2.50 bits per heavy atom. The second-order valence-electron chi connectivity index (χ2n) is 2.77. The highest BCUT2D eigenvalue weighted by molar-refractivity contribution is 9.10. The average Bonchev–Trinajstić information content (AvgIpc) is 2.08. The predicted molar refractivity (Wildman–Crippen MR) is 57.9 cm³/mol. The van der Waals surface area contributed by atoms with E-state index in [9.17, 15) is 5.11 Å². The number of hydrogen-bond donors (Lipinski definition) is 1. The van der Waals surface area contributed by atoms with E-state index >= 15 is 0 Å². The molecule has 0 amide bonds. The van der Waals surface area contributed by atoms with Crippen molar-refractivity contribution in [2.45, 2.75) is 19.2 Å². The van der Waals surface area contributed by atoms with Gasteiger partial charge in [0.05, 0.1) is 4.47 Å². The second-order valence-corrected chi connectivity index (χ2v) is 4.13. The van der Waals surface area contributed by atoms with Gasteiger partial charge in [0, 0.05) is 5.33 Å². The molecule has 3 heteroatoms. The molecule has 0 spiro atoms. The maximum Gasteiger partial charge on any atom is 0.132 e. The Morgan fingerprint density at radius 2 is 2.00 bits per heavy atom. The van der Waals surface area contributed by atoms with E-state index in [4.69, 9.17) is 0 Å². The molecule has 0 saturated heterocycles. The molecule has 0 fully saturated rings. The summed E-state index contributed by atoms with van der Waals surface area (Å²) in [4.78, 5) is 0. The molecule has 66 valence electrons. The molecule has 0 radical (unpaired) electrons. The Labute approximate surface area is 89.1 Å². The summed E-state index contributed by atoms with van der Waals surface area (Å²) >= 11 is 6.75. The van der Waals surface area contributed by atoms with Crippen LogP contribution in [0.1, 0.15) is 16.7 Å². The minimum atomic E-state index is 0.345. The van der Waals surface area contributed by atoms with Gasteiger partial charge < -0.3 is 5.11 Å². The third kappa shape index (κ3) is 1.67. The highest BCUT2D eigenvalue weighted by atomic mass is 79.9. The van der Waals surface area contributed by atoms with Gasteiger partial charge in [-0.05, 0) is 46.5 Å². The van der Waals surface area contributed by atoms with E-state index < -0.39 is 0 Å². The van der Waals surface area contributed by atoms with Crippen LogP contribution in [-0.4, -0.2) is 5.11 Å².